The highest BCUT2D eigenvalue weighted by Crippen LogP contribution is 2.42. The number of carbonyl (C=O) groups excluding carboxylic acids is 1. The molecule has 1 unspecified atom stereocenters. The van der Waals surface area contributed by atoms with Crippen LogP contribution in [-0.2, 0) is 4.79 Å². The standard InChI is InChI=1S/C16H24N2O2S/c1-11(2)18-16(15(17)19,12-4-5-12)10-21-14-8-6-13(20-3)7-9-14/h6-9,11-12,18H,4-5,10H2,1-3H3,(H2,17,19). The predicted molar refractivity (Wildman–Crippen MR) is 86.6 cm³/mol. The van der Waals surface area contributed by atoms with Gasteiger partial charge in [0.1, 0.15) is 11.3 Å². The Hall–Kier alpha value is -1.20. The zero-order valence-electron chi connectivity index (χ0n) is 12.9. The van der Waals surface area contributed by atoms with Crippen LogP contribution in [0.4, 0.5) is 0 Å². The summed E-state index contributed by atoms with van der Waals surface area (Å²) >= 11 is 1.67. The van der Waals surface area contributed by atoms with Gasteiger partial charge in [-0.05, 0) is 56.9 Å². The van der Waals surface area contributed by atoms with Gasteiger partial charge in [-0.3, -0.25) is 4.79 Å². The lowest BCUT2D eigenvalue weighted by Gasteiger charge is -2.33. The first-order chi connectivity index (χ1) is 9.98. The van der Waals surface area contributed by atoms with Gasteiger partial charge in [0.25, 0.3) is 0 Å². The van der Waals surface area contributed by atoms with Crippen molar-refractivity contribution in [1.29, 1.82) is 0 Å². The number of amides is 1. The summed E-state index contributed by atoms with van der Waals surface area (Å²) in [5.74, 6) is 1.63. The van der Waals surface area contributed by atoms with Crippen LogP contribution in [0, 0.1) is 5.92 Å². The van der Waals surface area contributed by atoms with Crippen LogP contribution in [0.25, 0.3) is 0 Å². The van der Waals surface area contributed by atoms with Gasteiger partial charge in [-0.25, -0.2) is 0 Å². The van der Waals surface area contributed by atoms with E-state index in [9.17, 15) is 4.79 Å². The van der Waals surface area contributed by atoms with Gasteiger partial charge in [-0.15, -0.1) is 11.8 Å². The number of nitrogens with one attached hydrogen (secondary N) is 1. The summed E-state index contributed by atoms with van der Waals surface area (Å²) in [6, 6.07) is 8.12. The molecule has 0 bridgehead atoms. The number of primary amides is 1. The molecule has 1 amide bonds. The second-order valence-corrected chi connectivity index (χ2v) is 6.92. The fourth-order valence-corrected chi connectivity index (χ4v) is 3.77. The minimum Gasteiger partial charge on any atom is -0.497 e. The van der Waals surface area contributed by atoms with Crippen LogP contribution in [0.2, 0.25) is 0 Å². The lowest BCUT2D eigenvalue weighted by Crippen LogP contribution is -2.61. The highest BCUT2D eigenvalue weighted by Gasteiger charge is 2.49. The number of benzene rings is 1. The minimum atomic E-state index is -0.598. The monoisotopic (exact) mass is 308 g/mol. The first kappa shape index (κ1) is 16.2. The molecule has 1 aliphatic carbocycles. The fourth-order valence-electron chi connectivity index (χ4n) is 2.58. The maximum atomic E-state index is 12.1. The van der Waals surface area contributed by atoms with E-state index in [4.69, 9.17) is 10.5 Å². The largest absolute Gasteiger partial charge is 0.497 e. The van der Waals surface area contributed by atoms with E-state index in [0.29, 0.717) is 11.7 Å². The SMILES string of the molecule is COc1ccc(SCC(NC(C)C)(C(N)=O)C2CC2)cc1. The molecular weight excluding hydrogens is 284 g/mol. The van der Waals surface area contributed by atoms with Gasteiger partial charge in [-0.1, -0.05) is 0 Å². The zero-order chi connectivity index (χ0) is 15.5. The Morgan fingerprint density at radius 1 is 1.43 bits per heavy atom. The molecule has 1 aromatic carbocycles. The number of hydrogen-bond donors (Lipinski definition) is 2. The Kier molecular flexibility index (Phi) is 5.17. The molecule has 1 aromatic rings. The molecule has 1 fully saturated rings. The molecule has 0 aromatic heterocycles. The molecule has 4 nitrogen and oxygen atoms in total. The second-order valence-electron chi connectivity index (χ2n) is 5.87. The van der Waals surface area contributed by atoms with Gasteiger partial charge < -0.3 is 15.8 Å². The van der Waals surface area contributed by atoms with Crippen LogP contribution in [0.5, 0.6) is 5.75 Å². The highest BCUT2D eigenvalue weighted by atomic mass is 32.2. The molecule has 21 heavy (non-hydrogen) atoms. The second kappa shape index (κ2) is 6.71. The van der Waals surface area contributed by atoms with Crippen LogP contribution in [0.15, 0.2) is 29.2 Å². The van der Waals surface area contributed by atoms with E-state index < -0.39 is 5.54 Å². The molecule has 1 aliphatic rings. The molecule has 0 spiro atoms. The third-order valence-corrected chi connectivity index (χ3v) is 4.99. The van der Waals surface area contributed by atoms with Gasteiger partial charge in [0.2, 0.25) is 5.91 Å². The zero-order valence-corrected chi connectivity index (χ0v) is 13.7. The number of rotatable bonds is 8. The third kappa shape index (κ3) is 3.92. The number of thioether (sulfide) groups is 1. The third-order valence-electron chi connectivity index (χ3n) is 3.79. The van der Waals surface area contributed by atoms with E-state index >= 15 is 0 Å². The lowest BCUT2D eigenvalue weighted by atomic mass is 9.93. The lowest BCUT2D eigenvalue weighted by molar-refractivity contribution is -0.124. The summed E-state index contributed by atoms with van der Waals surface area (Å²) in [5, 5.41) is 3.43. The van der Waals surface area contributed by atoms with Crippen molar-refractivity contribution in [3.63, 3.8) is 0 Å². The molecule has 0 radical (unpaired) electrons. The van der Waals surface area contributed by atoms with E-state index in [1.54, 1.807) is 18.9 Å². The van der Waals surface area contributed by atoms with Crippen LogP contribution >= 0.6 is 11.8 Å². The molecular formula is C16H24N2O2S. The van der Waals surface area contributed by atoms with Gasteiger partial charge >= 0.3 is 0 Å². The van der Waals surface area contributed by atoms with E-state index in [1.165, 1.54) is 0 Å². The van der Waals surface area contributed by atoms with Crippen molar-refractivity contribution in [1.82, 2.24) is 5.32 Å². The van der Waals surface area contributed by atoms with Crippen LogP contribution < -0.4 is 15.8 Å². The molecule has 116 valence electrons. The summed E-state index contributed by atoms with van der Waals surface area (Å²) in [5.41, 5.74) is 5.14. The number of carbonyl (C=O) groups is 1. The van der Waals surface area contributed by atoms with Crippen LogP contribution in [-0.4, -0.2) is 30.4 Å². The first-order valence-corrected chi connectivity index (χ1v) is 8.31. The molecule has 5 heteroatoms. The van der Waals surface area contributed by atoms with Crippen molar-refractivity contribution in [2.24, 2.45) is 11.7 Å². The van der Waals surface area contributed by atoms with Crippen molar-refractivity contribution in [3.05, 3.63) is 24.3 Å². The Labute approximate surface area is 130 Å². The molecule has 1 saturated carbocycles. The molecule has 0 aliphatic heterocycles. The predicted octanol–water partition coefficient (Wildman–Crippen LogP) is 2.42. The average molecular weight is 308 g/mol. The maximum absolute atomic E-state index is 12.1. The Bertz CT molecular complexity index is 486. The van der Waals surface area contributed by atoms with Crippen molar-refractivity contribution >= 4 is 17.7 Å². The summed E-state index contributed by atoms with van der Waals surface area (Å²) in [6.45, 7) is 4.11. The summed E-state index contributed by atoms with van der Waals surface area (Å²) < 4.78 is 5.16. The van der Waals surface area contributed by atoms with E-state index in [-0.39, 0.29) is 11.9 Å². The Morgan fingerprint density at radius 3 is 2.48 bits per heavy atom. The van der Waals surface area contributed by atoms with Crippen molar-refractivity contribution in [3.8, 4) is 5.75 Å². The van der Waals surface area contributed by atoms with Gasteiger partial charge in [0, 0.05) is 16.7 Å². The first-order valence-electron chi connectivity index (χ1n) is 7.32. The van der Waals surface area contributed by atoms with Crippen LogP contribution in [0.3, 0.4) is 0 Å². The quantitative estimate of drug-likeness (QED) is 0.724. The fraction of sp³-hybridized carbons (Fsp3) is 0.562. The molecule has 3 N–H and O–H groups in total. The van der Waals surface area contributed by atoms with Gasteiger partial charge in [0.15, 0.2) is 0 Å². The van der Waals surface area contributed by atoms with Crippen molar-refractivity contribution in [2.45, 2.75) is 43.2 Å². The van der Waals surface area contributed by atoms with Gasteiger partial charge in [-0.2, -0.15) is 0 Å². The van der Waals surface area contributed by atoms with E-state index in [2.05, 4.69) is 19.2 Å². The highest BCUT2D eigenvalue weighted by molar-refractivity contribution is 7.99. The molecule has 0 heterocycles. The smallest absolute Gasteiger partial charge is 0.238 e. The van der Waals surface area contributed by atoms with Crippen molar-refractivity contribution in [2.75, 3.05) is 12.9 Å². The Morgan fingerprint density at radius 2 is 2.05 bits per heavy atom. The normalized spacial score (nSPS) is 17.5. The van der Waals surface area contributed by atoms with E-state index in [0.717, 1.165) is 23.5 Å². The number of nitrogens with two attached hydrogens (primary N) is 1. The average Bonchev–Trinajstić information content (AvgIpc) is 3.28. The number of ether oxygens (including phenoxy) is 1. The molecule has 1 atom stereocenters. The Balaban J connectivity index is 2.09. The summed E-state index contributed by atoms with van der Waals surface area (Å²) in [7, 11) is 1.65. The van der Waals surface area contributed by atoms with E-state index in [1.807, 2.05) is 24.3 Å². The minimum absolute atomic E-state index is 0.231. The number of hydrogen-bond acceptors (Lipinski definition) is 4. The topological polar surface area (TPSA) is 64.3 Å². The molecule has 2 rings (SSSR count). The number of methoxy groups -OCH3 is 1. The molecule has 0 saturated heterocycles. The van der Waals surface area contributed by atoms with Gasteiger partial charge in [0.05, 0.1) is 7.11 Å². The van der Waals surface area contributed by atoms with Crippen LogP contribution in [0.1, 0.15) is 26.7 Å². The van der Waals surface area contributed by atoms with Crippen molar-refractivity contribution < 1.29 is 9.53 Å². The summed E-state index contributed by atoms with van der Waals surface area (Å²) in [4.78, 5) is 13.2. The maximum Gasteiger partial charge on any atom is 0.238 e. The summed E-state index contributed by atoms with van der Waals surface area (Å²) in [6.07, 6.45) is 2.15.